The van der Waals surface area contributed by atoms with Gasteiger partial charge in [0.2, 0.25) is 0 Å². The topological polar surface area (TPSA) is 12.0 Å². The summed E-state index contributed by atoms with van der Waals surface area (Å²) in [7, 11) is 0. The first-order chi connectivity index (χ1) is 6.31. The molecule has 0 radical (unpaired) electrons. The number of hydrogen-bond acceptors (Lipinski definition) is 1. The molecule has 0 saturated carbocycles. The van der Waals surface area contributed by atoms with Crippen molar-refractivity contribution in [2.24, 2.45) is 5.92 Å². The molecule has 0 aliphatic rings. The Hall–Kier alpha value is -0.0400. The molecular weight excluding hydrogens is 158 g/mol. The van der Waals surface area contributed by atoms with Crippen LogP contribution in [0.2, 0.25) is 0 Å². The van der Waals surface area contributed by atoms with E-state index < -0.39 is 0 Å². The van der Waals surface area contributed by atoms with E-state index in [1.54, 1.807) is 0 Å². The predicted octanol–water partition coefficient (Wildman–Crippen LogP) is 3.59. The average Bonchev–Trinajstić information content (AvgIpc) is 2.13. The summed E-state index contributed by atoms with van der Waals surface area (Å²) >= 11 is 0. The van der Waals surface area contributed by atoms with Crippen molar-refractivity contribution in [1.29, 1.82) is 0 Å². The lowest BCUT2D eigenvalue weighted by molar-refractivity contribution is 0.455. The third kappa shape index (κ3) is 9.88. The van der Waals surface area contributed by atoms with Gasteiger partial charge in [0.05, 0.1) is 0 Å². The largest absolute Gasteiger partial charge is 0.316 e. The minimum Gasteiger partial charge on any atom is -0.316 e. The van der Waals surface area contributed by atoms with Gasteiger partial charge in [-0.05, 0) is 31.8 Å². The second-order valence-corrected chi connectivity index (χ2v) is 4.16. The third-order valence-electron chi connectivity index (χ3n) is 2.50. The van der Waals surface area contributed by atoms with Crippen molar-refractivity contribution in [2.45, 2.75) is 59.3 Å². The average molecular weight is 185 g/mol. The van der Waals surface area contributed by atoms with Gasteiger partial charge in [0.15, 0.2) is 0 Å². The van der Waals surface area contributed by atoms with Crippen molar-refractivity contribution >= 4 is 0 Å². The Labute approximate surface area is 84.3 Å². The lowest BCUT2D eigenvalue weighted by Crippen LogP contribution is -2.22. The zero-order chi connectivity index (χ0) is 9.94. The van der Waals surface area contributed by atoms with Crippen LogP contribution in [-0.4, -0.2) is 13.1 Å². The standard InChI is InChI=1S/C12H27N/c1-4-6-8-9-12(3)11-13-10-7-5-2/h12-13H,4-11H2,1-3H3/t12-/m0/s1. The van der Waals surface area contributed by atoms with Crippen LogP contribution >= 0.6 is 0 Å². The maximum Gasteiger partial charge on any atom is -0.00232 e. The molecule has 0 aliphatic carbocycles. The summed E-state index contributed by atoms with van der Waals surface area (Å²) in [6.45, 7) is 9.28. The molecule has 0 amide bonds. The van der Waals surface area contributed by atoms with Crippen LogP contribution in [-0.2, 0) is 0 Å². The van der Waals surface area contributed by atoms with E-state index in [-0.39, 0.29) is 0 Å². The predicted molar refractivity (Wildman–Crippen MR) is 61.1 cm³/mol. The molecular formula is C12H27N. The molecule has 0 unspecified atom stereocenters. The number of nitrogens with one attached hydrogen (secondary N) is 1. The summed E-state index contributed by atoms with van der Waals surface area (Å²) < 4.78 is 0. The minimum atomic E-state index is 0.864. The van der Waals surface area contributed by atoms with Gasteiger partial charge in [-0.2, -0.15) is 0 Å². The normalized spacial score (nSPS) is 13.2. The second kappa shape index (κ2) is 10.0. The van der Waals surface area contributed by atoms with Crippen molar-refractivity contribution in [3.63, 3.8) is 0 Å². The van der Waals surface area contributed by atoms with E-state index in [1.807, 2.05) is 0 Å². The molecule has 0 bridgehead atoms. The summed E-state index contributed by atoms with van der Waals surface area (Å²) in [4.78, 5) is 0. The smallest absolute Gasteiger partial charge is 0.00232 e. The zero-order valence-electron chi connectivity index (χ0n) is 9.73. The first kappa shape index (κ1) is 13.0. The number of hydrogen-bond donors (Lipinski definition) is 1. The first-order valence-electron chi connectivity index (χ1n) is 6.02. The SMILES string of the molecule is CCCCC[C@H](C)CNCCCC. The van der Waals surface area contributed by atoms with Crippen molar-refractivity contribution in [2.75, 3.05) is 13.1 Å². The Kier molecular flexibility index (Phi) is 10.0. The maximum absolute atomic E-state index is 3.51. The highest BCUT2D eigenvalue weighted by atomic mass is 14.8. The van der Waals surface area contributed by atoms with Gasteiger partial charge in [-0.1, -0.05) is 46.5 Å². The molecule has 0 aromatic rings. The summed E-state index contributed by atoms with van der Waals surface area (Å²) in [6.07, 6.45) is 8.17. The van der Waals surface area contributed by atoms with Gasteiger partial charge in [-0.25, -0.2) is 0 Å². The van der Waals surface area contributed by atoms with Crippen LogP contribution in [0.4, 0.5) is 0 Å². The van der Waals surface area contributed by atoms with Crippen LogP contribution < -0.4 is 5.32 Å². The molecule has 80 valence electrons. The molecule has 1 heteroatoms. The van der Waals surface area contributed by atoms with Crippen molar-refractivity contribution in [3.05, 3.63) is 0 Å². The van der Waals surface area contributed by atoms with Gasteiger partial charge in [-0.3, -0.25) is 0 Å². The lowest BCUT2D eigenvalue weighted by Gasteiger charge is -2.11. The molecule has 0 rings (SSSR count). The van der Waals surface area contributed by atoms with Crippen LogP contribution in [0.25, 0.3) is 0 Å². The van der Waals surface area contributed by atoms with Crippen molar-refractivity contribution in [1.82, 2.24) is 5.32 Å². The molecule has 0 aromatic heterocycles. The molecule has 1 N–H and O–H groups in total. The Morgan fingerprint density at radius 3 is 2.31 bits per heavy atom. The molecule has 0 saturated heterocycles. The Morgan fingerprint density at radius 2 is 1.69 bits per heavy atom. The highest BCUT2D eigenvalue weighted by Crippen LogP contribution is 2.07. The fraction of sp³-hybridized carbons (Fsp3) is 1.00. The third-order valence-corrected chi connectivity index (χ3v) is 2.50. The van der Waals surface area contributed by atoms with E-state index in [9.17, 15) is 0 Å². The fourth-order valence-corrected chi connectivity index (χ4v) is 1.50. The Bertz CT molecular complexity index is 91.1. The fourth-order valence-electron chi connectivity index (χ4n) is 1.50. The van der Waals surface area contributed by atoms with Gasteiger partial charge >= 0.3 is 0 Å². The Balaban J connectivity index is 3.05. The highest BCUT2D eigenvalue weighted by Gasteiger charge is 1.99. The quantitative estimate of drug-likeness (QED) is 0.541. The van der Waals surface area contributed by atoms with Gasteiger partial charge < -0.3 is 5.32 Å². The van der Waals surface area contributed by atoms with Gasteiger partial charge in [0, 0.05) is 0 Å². The number of rotatable bonds is 9. The van der Waals surface area contributed by atoms with E-state index in [0.717, 1.165) is 5.92 Å². The molecule has 0 aliphatic heterocycles. The van der Waals surface area contributed by atoms with Crippen molar-refractivity contribution in [3.8, 4) is 0 Å². The summed E-state index contributed by atoms with van der Waals surface area (Å²) in [5.74, 6) is 0.864. The number of unbranched alkanes of at least 4 members (excludes halogenated alkanes) is 3. The second-order valence-electron chi connectivity index (χ2n) is 4.16. The monoisotopic (exact) mass is 185 g/mol. The van der Waals surface area contributed by atoms with Crippen LogP contribution in [0.15, 0.2) is 0 Å². The van der Waals surface area contributed by atoms with Crippen LogP contribution in [0.5, 0.6) is 0 Å². The maximum atomic E-state index is 3.51. The Morgan fingerprint density at radius 1 is 1.00 bits per heavy atom. The van der Waals surface area contributed by atoms with Crippen LogP contribution in [0.1, 0.15) is 59.3 Å². The van der Waals surface area contributed by atoms with E-state index in [4.69, 9.17) is 0 Å². The van der Waals surface area contributed by atoms with E-state index >= 15 is 0 Å². The van der Waals surface area contributed by atoms with E-state index in [1.165, 1.54) is 51.6 Å². The molecule has 1 atom stereocenters. The molecule has 0 spiro atoms. The molecule has 13 heavy (non-hydrogen) atoms. The summed E-state index contributed by atoms with van der Waals surface area (Å²) in [5, 5.41) is 3.51. The van der Waals surface area contributed by atoms with E-state index in [2.05, 4.69) is 26.1 Å². The first-order valence-corrected chi connectivity index (χ1v) is 6.02. The molecule has 0 aromatic carbocycles. The van der Waals surface area contributed by atoms with Crippen LogP contribution in [0, 0.1) is 5.92 Å². The lowest BCUT2D eigenvalue weighted by atomic mass is 10.0. The molecule has 1 nitrogen and oxygen atoms in total. The minimum absolute atomic E-state index is 0.864. The van der Waals surface area contributed by atoms with Gasteiger partial charge in [0.25, 0.3) is 0 Å². The van der Waals surface area contributed by atoms with Crippen LogP contribution in [0.3, 0.4) is 0 Å². The zero-order valence-corrected chi connectivity index (χ0v) is 9.73. The highest BCUT2D eigenvalue weighted by molar-refractivity contribution is 4.57. The summed E-state index contributed by atoms with van der Waals surface area (Å²) in [6, 6.07) is 0. The van der Waals surface area contributed by atoms with Crippen molar-refractivity contribution < 1.29 is 0 Å². The molecule has 0 heterocycles. The van der Waals surface area contributed by atoms with E-state index in [0.29, 0.717) is 0 Å². The van der Waals surface area contributed by atoms with Gasteiger partial charge in [-0.15, -0.1) is 0 Å². The van der Waals surface area contributed by atoms with Gasteiger partial charge in [0.1, 0.15) is 0 Å². The summed E-state index contributed by atoms with van der Waals surface area (Å²) in [5.41, 5.74) is 0. The molecule has 0 fully saturated rings.